The highest BCUT2D eigenvalue weighted by Gasteiger charge is 2.07. The Balaban J connectivity index is 2.02. The van der Waals surface area contributed by atoms with Gasteiger partial charge >= 0.3 is 0 Å². The number of carbonyl (C=O) groups is 1. The zero-order valence-electron chi connectivity index (χ0n) is 9.66. The molecule has 0 fully saturated rings. The number of nitrogens with zero attached hydrogens (tertiary/aromatic N) is 1. The third-order valence-electron chi connectivity index (χ3n) is 2.43. The first-order valence-electron chi connectivity index (χ1n) is 5.40. The van der Waals surface area contributed by atoms with Crippen molar-refractivity contribution in [2.75, 3.05) is 0 Å². The number of hydrogen-bond donors (Lipinski definition) is 1. The Morgan fingerprint density at radius 2 is 2.00 bits per heavy atom. The zero-order chi connectivity index (χ0) is 13.8. The Labute approximate surface area is 113 Å². The Morgan fingerprint density at radius 3 is 2.68 bits per heavy atom. The molecule has 0 radical (unpaired) electrons. The molecule has 1 amide bonds. The van der Waals surface area contributed by atoms with Crippen molar-refractivity contribution in [3.63, 3.8) is 0 Å². The molecule has 0 aliphatic carbocycles. The van der Waals surface area contributed by atoms with Crippen LogP contribution in [0.2, 0.25) is 5.15 Å². The molecule has 0 spiro atoms. The van der Waals surface area contributed by atoms with Gasteiger partial charge in [0.2, 0.25) is 0 Å². The SMILES string of the molecule is O=C(NCc1ccc(F)c(F)c1)c1ccnc(Cl)c1. The lowest BCUT2D eigenvalue weighted by Crippen LogP contribution is -2.22. The minimum atomic E-state index is -0.946. The molecule has 0 atom stereocenters. The lowest BCUT2D eigenvalue weighted by atomic mass is 10.2. The molecule has 2 aromatic rings. The zero-order valence-corrected chi connectivity index (χ0v) is 10.4. The predicted octanol–water partition coefficient (Wildman–Crippen LogP) is 2.94. The third kappa shape index (κ3) is 3.48. The monoisotopic (exact) mass is 282 g/mol. The molecular formula is C13H9ClF2N2O. The van der Waals surface area contributed by atoms with E-state index in [9.17, 15) is 13.6 Å². The van der Waals surface area contributed by atoms with Gasteiger partial charge < -0.3 is 5.32 Å². The van der Waals surface area contributed by atoms with Crippen LogP contribution in [0.1, 0.15) is 15.9 Å². The maximum Gasteiger partial charge on any atom is 0.251 e. The van der Waals surface area contributed by atoms with Gasteiger partial charge in [-0.25, -0.2) is 13.8 Å². The molecule has 0 aliphatic heterocycles. The second-order valence-corrected chi connectivity index (χ2v) is 4.19. The number of nitrogens with one attached hydrogen (secondary N) is 1. The predicted molar refractivity (Wildman–Crippen MR) is 66.8 cm³/mol. The number of benzene rings is 1. The number of rotatable bonds is 3. The summed E-state index contributed by atoms with van der Waals surface area (Å²) >= 11 is 5.66. The Bertz CT molecular complexity index is 619. The van der Waals surface area contributed by atoms with Gasteiger partial charge in [0.05, 0.1) is 0 Å². The van der Waals surface area contributed by atoms with E-state index in [1.54, 1.807) is 0 Å². The maximum absolute atomic E-state index is 13.0. The van der Waals surface area contributed by atoms with Gasteiger partial charge in [0.25, 0.3) is 5.91 Å². The molecule has 1 aromatic heterocycles. The van der Waals surface area contributed by atoms with Crippen LogP contribution in [0.25, 0.3) is 0 Å². The molecule has 1 N–H and O–H groups in total. The van der Waals surface area contributed by atoms with Crippen LogP contribution in [0.15, 0.2) is 36.5 Å². The topological polar surface area (TPSA) is 42.0 Å². The smallest absolute Gasteiger partial charge is 0.251 e. The van der Waals surface area contributed by atoms with Gasteiger partial charge in [-0.05, 0) is 29.8 Å². The number of halogens is 3. The molecule has 0 bridgehead atoms. The summed E-state index contributed by atoms with van der Waals surface area (Å²) in [4.78, 5) is 15.5. The molecule has 6 heteroatoms. The van der Waals surface area contributed by atoms with Gasteiger partial charge in [-0.15, -0.1) is 0 Å². The summed E-state index contributed by atoms with van der Waals surface area (Å²) in [7, 11) is 0. The number of amides is 1. The molecule has 1 aromatic carbocycles. The standard InChI is InChI=1S/C13H9ClF2N2O/c14-12-6-9(3-4-17-12)13(19)18-7-8-1-2-10(15)11(16)5-8/h1-6H,7H2,(H,18,19). The summed E-state index contributed by atoms with van der Waals surface area (Å²) in [5, 5.41) is 2.78. The molecule has 2 rings (SSSR count). The summed E-state index contributed by atoms with van der Waals surface area (Å²) in [5.74, 6) is -2.23. The quantitative estimate of drug-likeness (QED) is 0.880. The van der Waals surface area contributed by atoms with Gasteiger partial charge in [-0.3, -0.25) is 4.79 Å². The molecule has 0 unspecified atom stereocenters. The van der Waals surface area contributed by atoms with Crippen molar-refractivity contribution in [3.05, 3.63) is 64.4 Å². The maximum atomic E-state index is 13.0. The highest BCUT2D eigenvalue weighted by molar-refractivity contribution is 6.29. The second-order valence-electron chi connectivity index (χ2n) is 3.80. The van der Waals surface area contributed by atoms with Gasteiger partial charge in [0, 0.05) is 18.3 Å². The fourth-order valence-corrected chi connectivity index (χ4v) is 1.65. The molecule has 98 valence electrons. The fourth-order valence-electron chi connectivity index (χ4n) is 1.48. The van der Waals surface area contributed by atoms with Crippen molar-refractivity contribution in [2.24, 2.45) is 0 Å². The molecule has 0 saturated heterocycles. The van der Waals surface area contributed by atoms with Gasteiger partial charge in [-0.2, -0.15) is 0 Å². The van der Waals surface area contributed by atoms with Crippen LogP contribution < -0.4 is 5.32 Å². The molecular weight excluding hydrogens is 274 g/mol. The average molecular weight is 283 g/mol. The molecule has 0 aliphatic rings. The van der Waals surface area contributed by atoms with Crippen molar-refractivity contribution in [3.8, 4) is 0 Å². The highest BCUT2D eigenvalue weighted by atomic mass is 35.5. The highest BCUT2D eigenvalue weighted by Crippen LogP contribution is 2.10. The van der Waals surface area contributed by atoms with Crippen LogP contribution in [0.5, 0.6) is 0 Å². The van der Waals surface area contributed by atoms with E-state index >= 15 is 0 Å². The lowest BCUT2D eigenvalue weighted by molar-refractivity contribution is 0.0950. The Kier molecular flexibility index (Phi) is 4.06. The van der Waals surface area contributed by atoms with Crippen molar-refractivity contribution in [1.82, 2.24) is 10.3 Å². The van der Waals surface area contributed by atoms with Gasteiger partial charge in [0.1, 0.15) is 5.15 Å². The van der Waals surface area contributed by atoms with E-state index in [0.717, 1.165) is 12.1 Å². The Hall–Kier alpha value is -2.01. The van der Waals surface area contributed by atoms with Crippen LogP contribution in [0.3, 0.4) is 0 Å². The van der Waals surface area contributed by atoms with E-state index < -0.39 is 11.6 Å². The summed E-state index contributed by atoms with van der Waals surface area (Å²) in [6.07, 6.45) is 1.41. The van der Waals surface area contributed by atoms with Gasteiger partial charge in [0.15, 0.2) is 11.6 Å². The first-order valence-corrected chi connectivity index (χ1v) is 5.78. The summed E-state index contributed by atoms with van der Waals surface area (Å²) in [6.45, 7) is 0.0932. The third-order valence-corrected chi connectivity index (χ3v) is 2.63. The summed E-state index contributed by atoms with van der Waals surface area (Å²) in [6, 6.07) is 6.38. The minimum Gasteiger partial charge on any atom is -0.348 e. The number of pyridine rings is 1. The van der Waals surface area contributed by atoms with Crippen molar-refractivity contribution in [2.45, 2.75) is 6.54 Å². The van der Waals surface area contributed by atoms with E-state index in [2.05, 4.69) is 10.3 Å². The van der Waals surface area contributed by atoms with Crippen LogP contribution in [0, 0.1) is 11.6 Å². The Morgan fingerprint density at radius 1 is 1.21 bits per heavy atom. The number of carbonyl (C=O) groups excluding carboxylic acids is 1. The van der Waals surface area contributed by atoms with Crippen LogP contribution >= 0.6 is 11.6 Å². The second kappa shape index (κ2) is 5.75. The summed E-state index contributed by atoms with van der Waals surface area (Å²) in [5.41, 5.74) is 0.815. The van der Waals surface area contributed by atoms with Crippen molar-refractivity contribution >= 4 is 17.5 Å². The first kappa shape index (κ1) is 13.4. The normalized spacial score (nSPS) is 10.3. The van der Waals surface area contributed by atoms with Crippen LogP contribution in [-0.2, 0) is 6.54 Å². The largest absolute Gasteiger partial charge is 0.348 e. The van der Waals surface area contributed by atoms with E-state index in [-0.39, 0.29) is 17.6 Å². The van der Waals surface area contributed by atoms with E-state index in [0.29, 0.717) is 11.1 Å². The van der Waals surface area contributed by atoms with Gasteiger partial charge in [-0.1, -0.05) is 17.7 Å². The van der Waals surface area contributed by atoms with E-state index in [4.69, 9.17) is 11.6 Å². The number of aromatic nitrogens is 1. The van der Waals surface area contributed by atoms with Crippen molar-refractivity contribution < 1.29 is 13.6 Å². The first-order chi connectivity index (χ1) is 9.06. The van der Waals surface area contributed by atoms with E-state index in [1.165, 1.54) is 24.4 Å². The van der Waals surface area contributed by atoms with Crippen LogP contribution in [-0.4, -0.2) is 10.9 Å². The fraction of sp³-hybridized carbons (Fsp3) is 0.0769. The summed E-state index contributed by atoms with van der Waals surface area (Å²) < 4.78 is 25.7. The minimum absolute atomic E-state index is 0.0932. The molecule has 0 saturated carbocycles. The molecule has 3 nitrogen and oxygen atoms in total. The molecule has 1 heterocycles. The molecule has 19 heavy (non-hydrogen) atoms. The average Bonchev–Trinajstić information content (AvgIpc) is 2.40. The number of hydrogen-bond acceptors (Lipinski definition) is 2. The van der Waals surface area contributed by atoms with Crippen molar-refractivity contribution in [1.29, 1.82) is 0 Å². The van der Waals surface area contributed by atoms with Crippen LogP contribution in [0.4, 0.5) is 8.78 Å². The van der Waals surface area contributed by atoms with E-state index in [1.807, 2.05) is 0 Å². The lowest BCUT2D eigenvalue weighted by Gasteiger charge is -2.06.